The first-order valence-electron chi connectivity index (χ1n) is 10.4. The lowest BCUT2D eigenvalue weighted by Crippen LogP contribution is -2.52. The maximum absolute atomic E-state index is 11.8. The number of hydrogen-bond acceptors (Lipinski definition) is 4. The second-order valence-corrected chi connectivity index (χ2v) is 9.41. The Morgan fingerprint density at radius 2 is 2.00 bits per heavy atom. The third-order valence-electron chi connectivity index (χ3n) is 8.59. The SMILES string of the molecule is COC(=O)CC[C@]1(O)CCC2C3CCC4=CC(=O)CCC4C3CC[C@@]21C. The first kappa shape index (κ1) is 18.2. The lowest BCUT2D eigenvalue weighted by Gasteiger charge is -2.55. The van der Waals surface area contributed by atoms with Gasteiger partial charge >= 0.3 is 5.97 Å². The standard InChI is InChI=1S/C22H32O4/c1-21-10-7-17-16-6-4-15(23)13-14(16)3-5-18(17)19(21)8-11-22(21,25)12-9-20(24)26-2/h13,16-19,25H,3-12H2,1-2H3/t16?,17?,18?,19?,21-,22+/m0/s1. The van der Waals surface area contributed by atoms with Crippen LogP contribution >= 0.6 is 0 Å². The number of rotatable bonds is 3. The zero-order valence-corrected chi connectivity index (χ0v) is 16.1. The lowest BCUT2D eigenvalue weighted by atomic mass is 9.50. The van der Waals surface area contributed by atoms with Gasteiger partial charge in [-0.2, -0.15) is 0 Å². The number of allylic oxidation sites excluding steroid dienone is 1. The number of ether oxygens (including phenoxy) is 1. The van der Waals surface area contributed by atoms with E-state index >= 15 is 0 Å². The van der Waals surface area contributed by atoms with Crippen LogP contribution in [0, 0.1) is 29.1 Å². The molecule has 144 valence electrons. The minimum Gasteiger partial charge on any atom is -0.469 e. The summed E-state index contributed by atoms with van der Waals surface area (Å²) in [4.78, 5) is 23.4. The highest BCUT2D eigenvalue weighted by Crippen LogP contribution is 2.65. The van der Waals surface area contributed by atoms with Crippen LogP contribution in [0.15, 0.2) is 11.6 Å². The molecule has 0 amide bonds. The Morgan fingerprint density at radius 3 is 2.77 bits per heavy atom. The molecule has 0 aromatic heterocycles. The van der Waals surface area contributed by atoms with Gasteiger partial charge in [-0.1, -0.05) is 12.5 Å². The molecule has 0 aliphatic heterocycles. The highest BCUT2D eigenvalue weighted by molar-refractivity contribution is 5.91. The number of esters is 1. The van der Waals surface area contributed by atoms with Crippen LogP contribution in [-0.2, 0) is 14.3 Å². The molecule has 0 spiro atoms. The molecule has 1 N–H and O–H groups in total. The summed E-state index contributed by atoms with van der Waals surface area (Å²) in [5.74, 6) is 2.58. The minimum absolute atomic E-state index is 0.0894. The van der Waals surface area contributed by atoms with Crippen molar-refractivity contribution in [3.8, 4) is 0 Å². The molecule has 4 unspecified atom stereocenters. The van der Waals surface area contributed by atoms with Crippen LogP contribution in [0.4, 0.5) is 0 Å². The van der Waals surface area contributed by atoms with Crippen molar-refractivity contribution in [2.24, 2.45) is 29.1 Å². The normalized spacial score (nSPS) is 44.6. The number of methoxy groups -OCH3 is 1. The molecule has 0 aromatic rings. The summed E-state index contributed by atoms with van der Waals surface area (Å²) in [5.41, 5.74) is 0.577. The first-order valence-corrected chi connectivity index (χ1v) is 10.4. The molecular weight excluding hydrogens is 328 g/mol. The molecule has 4 nitrogen and oxygen atoms in total. The number of carbonyl (C=O) groups excluding carboxylic acids is 2. The van der Waals surface area contributed by atoms with Gasteiger partial charge in [-0.25, -0.2) is 0 Å². The third-order valence-corrected chi connectivity index (χ3v) is 8.59. The summed E-state index contributed by atoms with van der Waals surface area (Å²) in [6, 6.07) is 0. The van der Waals surface area contributed by atoms with Gasteiger partial charge in [-0.05, 0) is 86.5 Å². The predicted molar refractivity (Wildman–Crippen MR) is 98.3 cm³/mol. The molecule has 26 heavy (non-hydrogen) atoms. The molecule has 3 fully saturated rings. The fraction of sp³-hybridized carbons (Fsp3) is 0.818. The molecule has 0 aromatic carbocycles. The molecule has 0 heterocycles. The van der Waals surface area contributed by atoms with Gasteiger partial charge in [-0.15, -0.1) is 0 Å². The quantitative estimate of drug-likeness (QED) is 0.777. The van der Waals surface area contributed by atoms with Gasteiger partial charge in [0.25, 0.3) is 0 Å². The van der Waals surface area contributed by atoms with Crippen LogP contribution in [0.25, 0.3) is 0 Å². The van der Waals surface area contributed by atoms with E-state index in [0.29, 0.717) is 48.7 Å². The van der Waals surface area contributed by atoms with Crippen LogP contribution in [0.5, 0.6) is 0 Å². The molecule has 6 atom stereocenters. The van der Waals surface area contributed by atoms with E-state index in [1.54, 1.807) is 0 Å². The summed E-state index contributed by atoms with van der Waals surface area (Å²) in [6.45, 7) is 2.27. The van der Waals surface area contributed by atoms with Crippen molar-refractivity contribution < 1.29 is 19.4 Å². The zero-order valence-electron chi connectivity index (χ0n) is 16.1. The molecule has 3 saturated carbocycles. The van der Waals surface area contributed by atoms with Crippen molar-refractivity contribution in [3.63, 3.8) is 0 Å². The average Bonchev–Trinajstić information content (AvgIpc) is 2.91. The van der Waals surface area contributed by atoms with Crippen molar-refractivity contribution in [1.29, 1.82) is 0 Å². The second kappa shape index (κ2) is 6.47. The van der Waals surface area contributed by atoms with E-state index in [2.05, 4.69) is 6.92 Å². The monoisotopic (exact) mass is 360 g/mol. The van der Waals surface area contributed by atoms with Crippen LogP contribution in [0.2, 0.25) is 0 Å². The number of carbonyl (C=O) groups is 2. The molecule has 0 saturated heterocycles. The smallest absolute Gasteiger partial charge is 0.305 e. The van der Waals surface area contributed by atoms with Gasteiger partial charge in [0.05, 0.1) is 12.7 Å². The van der Waals surface area contributed by atoms with E-state index in [1.807, 2.05) is 6.08 Å². The number of hydrogen-bond donors (Lipinski definition) is 1. The van der Waals surface area contributed by atoms with Crippen molar-refractivity contribution in [2.45, 2.75) is 76.7 Å². The van der Waals surface area contributed by atoms with Crippen molar-refractivity contribution in [3.05, 3.63) is 11.6 Å². The van der Waals surface area contributed by atoms with E-state index < -0.39 is 5.60 Å². The van der Waals surface area contributed by atoms with Crippen LogP contribution < -0.4 is 0 Å². The Hall–Kier alpha value is -1.16. The Kier molecular flexibility index (Phi) is 4.53. The highest BCUT2D eigenvalue weighted by Gasteiger charge is 2.61. The topological polar surface area (TPSA) is 63.6 Å². The molecule has 4 rings (SSSR count). The maximum Gasteiger partial charge on any atom is 0.305 e. The summed E-state index contributed by atoms with van der Waals surface area (Å²) in [7, 11) is 1.42. The fourth-order valence-corrected chi connectivity index (χ4v) is 7.11. The van der Waals surface area contributed by atoms with Crippen LogP contribution in [-0.4, -0.2) is 29.6 Å². The maximum atomic E-state index is 11.8. The van der Waals surface area contributed by atoms with Crippen LogP contribution in [0.3, 0.4) is 0 Å². The number of ketones is 1. The number of fused-ring (bicyclic) bond motifs is 5. The predicted octanol–water partition coefficient (Wildman–Crippen LogP) is 3.81. The van der Waals surface area contributed by atoms with Gasteiger partial charge in [0.1, 0.15) is 0 Å². The van der Waals surface area contributed by atoms with E-state index in [-0.39, 0.29) is 11.4 Å². The molecule has 0 radical (unpaired) electrons. The first-order chi connectivity index (χ1) is 12.4. The van der Waals surface area contributed by atoms with Crippen LogP contribution in [0.1, 0.15) is 71.1 Å². The Labute approximate surface area is 156 Å². The average molecular weight is 360 g/mol. The fourth-order valence-electron chi connectivity index (χ4n) is 7.11. The summed E-state index contributed by atoms with van der Waals surface area (Å²) in [6.07, 6.45) is 10.8. The Morgan fingerprint density at radius 1 is 1.19 bits per heavy atom. The van der Waals surface area contributed by atoms with Crippen molar-refractivity contribution >= 4 is 11.8 Å². The Bertz CT molecular complexity index is 638. The van der Waals surface area contributed by atoms with Gasteiger partial charge in [0.15, 0.2) is 5.78 Å². The van der Waals surface area contributed by atoms with E-state index in [0.717, 1.165) is 44.9 Å². The van der Waals surface area contributed by atoms with Gasteiger partial charge in [-0.3, -0.25) is 9.59 Å². The van der Waals surface area contributed by atoms with E-state index in [1.165, 1.54) is 12.7 Å². The highest BCUT2D eigenvalue weighted by atomic mass is 16.5. The lowest BCUT2D eigenvalue weighted by molar-refractivity contribution is -0.147. The summed E-state index contributed by atoms with van der Waals surface area (Å²) in [5, 5.41) is 11.5. The molecular formula is C22H32O4. The van der Waals surface area contributed by atoms with Crippen molar-refractivity contribution in [1.82, 2.24) is 0 Å². The largest absolute Gasteiger partial charge is 0.469 e. The summed E-state index contributed by atoms with van der Waals surface area (Å²) >= 11 is 0. The van der Waals surface area contributed by atoms with E-state index in [9.17, 15) is 14.7 Å². The molecule has 4 aliphatic rings. The van der Waals surface area contributed by atoms with Gasteiger partial charge < -0.3 is 9.84 Å². The summed E-state index contributed by atoms with van der Waals surface area (Å²) < 4.78 is 4.79. The molecule has 4 heteroatoms. The number of aliphatic hydroxyl groups is 1. The third kappa shape index (κ3) is 2.67. The molecule has 0 bridgehead atoms. The minimum atomic E-state index is -0.741. The molecule has 4 aliphatic carbocycles. The zero-order chi connectivity index (χ0) is 18.5. The Balaban J connectivity index is 1.54. The van der Waals surface area contributed by atoms with Gasteiger partial charge in [0, 0.05) is 12.8 Å². The second-order valence-electron chi connectivity index (χ2n) is 9.41. The van der Waals surface area contributed by atoms with Crippen molar-refractivity contribution in [2.75, 3.05) is 7.11 Å². The van der Waals surface area contributed by atoms with E-state index in [4.69, 9.17) is 4.74 Å². The van der Waals surface area contributed by atoms with Gasteiger partial charge in [0.2, 0.25) is 0 Å².